The first-order valence-electron chi connectivity index (χ1n) is 8.12. The number of nitrogens with zero attached hydrogens (tertiary/aromatic N) is 4. The number of carbonyl (C=O) groups is 1. The minimum absolute atomic E-state index is 0.0453. The van der Waals surface area contributed by atoms with Crippen molar-refractivity contribution in [3.05, 3.63) is 60.3 Å². The van der Waals surface area contributed by atoms with E-state index in [1.54, 1.807) is 24.8 Å². The minimum atomic E-state index is -0.0453. The number of likely N-dealkylation sites (tertiary alicyclic amines) is 1. The highest BCUT2D eigenvalue weighted by Gasteiger charge is 2.27. The standard InChI is InChI=1S/C17H19N5O2/c23-17(16-4-3-14(24-16)11-21-9-7-18-12-21)22-8-1-2-13(10-22)15-5-6-19-20-15/h3-7,9,12-13H,1-2,8,10-11H2,(H,19,20)/t13-/m1/s1. The number of carbonyl (C=O) groups excluding carboxylic acids is 1. The number of nitrogens with one attached hydrogen (secondary N) is 1. The molecule has 1 amide bonds. The molecule has 0 unspecified atom stereocenters. The zero-order chi connectivity index (χ0) is 16.4. The van der Waals surface area contributed by atoms with Gasteiger partial charge in [0.1, 0.15) is 5.76 Å². The second kappa shape index (κ2) is 6.35. The molecule has 7 heteroatoms. The predicted molar refractivity (Wildman–Crippen MR) is 86.5 cm³/mol. The third-order valence-corrected chi connectivity index (χ3v) is 4.44. The second-order valence-corrected chi connectivity index (χ2v) is 6.10. The van der Waals surface area contributed by atoms with Crippen molar-refractivity contribution in [1.82, 2.24) is 24.6 Å². The van der Waals surface area contributed by atoms with Crippen LogP contribution in [0, 0.1) is 0 Å². The zero-order valence-corrected chi connectivity index (χ0v) is 13.3. The van der Waals surface area contributed by atoms with Gasteiger partial charge >= 0.3 is 0 Å². The zero-order valence-electron chi connectivity index (χ0n) is 13.3. The summed E-state index contributed by atoms with van der Waals surface area (Å²) in [4.78, 5) is 18.6. The summed E-state index contributed by atoms with van der Waals surface area (Å²) in [5, 5.41) is 7.02. The number of furan rings is 1. The van der Waals surface area contributed by atoms with Crippen molar-refractivity contribution in [1.29, 1.82) is 0 Å². The summed E-state index contributed by atoms with van der Waals surface area (Å²) in [7, 11) is 0. The Morgan fingerprint density at radius 2 is 2.29 bits per heavy atom. The average Bonchev–Trinajstić information content (AvgIpc) is 3.37. The molecule has 1 fully saturated rings. The fourth-order valence-corrected chi connectivity index (χ4v) is 3.20. The van der Waals surface area contributed by atoms with Gasteiger partial charge in [0.15, 0.2) is 5.76 Å². The van der Waals surface area contributed by atoms with E-state index in [9.17, 15) is 4.79 Å². The Morgan fingerprint density at radius 1 is 1.33 bits per heavy atom. The Kier molecular flexibility index (Phi) is 3.90. The summed E-state index contributed by atoms with van der Waals surface area (Å²) in [6.07, 6.45) is 9.12. The van der Waals surface area contributed by atoms with Crippen LogP contribution < -0.4 is 0 Å². The van der Waals surface area contributed by atoms with Crippen LogP contribution in [0.1, 0.15) is 40.8 Å². The first-order valence-corrected chi connectivity index (χ1v) is 8.12. The molecule has 0 aromatic carbocycles. The van der Waals surface area contributed by atoms with Gasteiger partial charge in [-0.25, -0.2) is 4.98 Å². The molecule has 1 atom stereocenters. The minimum Gasteiger partial charge on any atom is -0.454 e. The molecule has 0 aliphatic carbocycles. The molecule has 0 spiro atoms. The summed E-state index contributed by atoms with van der Waals surface area (Å²) in [5.41, 5.74) is 1.09. The lowest BCUT2D eigenvalue weighted by atomic mass is 9.95. The van der Waals surface area contributed by atoms with E-state index in [1.165, 1.54) is 0 Å². The normalized spacial score (nSPS) is 18.0. The summed E-state index contributed by atoms with van der Waals surface area (Å²) < 4.78 is 7.64. The van der Waals surface area contributed by atoms with Gasteiger partial charge < -0.3 is 13.9 Å². The largest absolute Gasteiger partial charge is 0.454 e. The number of aromatic amines is 1. The van der Waals surface area contributed by atoms with Crippen LogP contribution in [-0.4, -0.2) is 43.6 Å². The molecule has 1 saturated heterocycles. The maximum atomic E-state index is 12.7. The van der Waals surface area contributed by atoms with Crippen LogP contribution in [0.4, 0.5) is 0 Å². The quantitative estimate of drug-likeness (QED) is 0.798. The molecular formula is C17H19N5O2. The van der Waals surface area contributed by atoms with E-state index in [4.69, 9.17) is 4.42 Å². The number of hydrogen-bond acceptors (Lipinski definition) is 4. The summed E-state index contributed by atoms with van der Waals surface area (Å²) in [5.74, 6) is 1.41. The number of aromatic nitrogens is 4. The Hall–Kier alpha value is -2.83. The lowest BCUT2D eigenvalue weighted by Crippen LogP contribution is -2.39. The van der Waals surface area contributed by atoms with Crippen molar-refractivity contribution < 1.29 is 9.21 Å². The number of piperidine rings is 1. The van der Waals surface area contributed by atoms with Gasteiger partial charge in [-0.15, -0.1) is 0 Å². The Bertz CT molecular complexity index is 791. The number of hydrogen-bond donors (Lipinski definition) is 1. The highest BCUT2D eigenvalue weighted by Crippen LogP contribution is 2.26. The molecule has 4 rings (SSSR count). The van der Waals surface area contributed by atoms with Crippen LogP contribution in [0.15, 0.2) is 47.5 Å². The smallest absolute Gasteiger partial charge is 0.289 e. The van der Waals surface area contributed by atoms with Crippen molar-refractivity contribution in [3.8, 4) is 0 Å². The number of amides is 1. The number of rotatable bonds is 4. The van der Waals surface area contributed by atoms with Gasteiger partial charge in [-0.3, -0.25) is 9.89 Å². The molecule has 3 aromatic heterocycles. The van der Waals surface area contributed by atoms with Gasteiger partial charge in [-0.2, -0.15) is 5.10 Å². The van der Waals surface area contributed by atoms with E-state index >= 15 is 0 Å². The van der Waals surface area contributed by atoms with Crippen LogP contribution in [0.5, 0.6) is 0 Å². The first kappa shape index (κ1) is 14.7. The SMILES string of the molecule is O=C(c1ccc(Cn2ccnc2)o1)N1CCC[C@@H](c2ccn[nH]2)C1. The van der Waals surface area contributed by atoms with Gasteiger partial charge in [0.25, 0.3) is 5.91 Å². The molecule has 3 aromatic rings. The number of imidazole rings is 1. The van der Waals surface area contributed by atoms with Crippen LogP contribution in [0.3, 0.4) is 0 Å². The molecule has 1 aliphatic heterocycles. The average molecular weight is 325 g/mol. The molecule has 0 bridgehead atoms. The van der Waals surface area contributed by atoms with Crippen LogP contribution in [-0.2, 0) is 6.54 Å². The van der Waals surface area contributed by atoms with Gasteiger partial charge in [-0.05, 0) is 31.0 Å². The third-order valence-electron chi connectivity index (χ3n) is 4.44. The van der Waals surface area contributed by atoms with Gasteiger partial charge in [0, 0.05) is 43.3 Å². The van der Waals surface area contributed by atoms with Gasteiger partial charge in [0.2, 0.25) is 0 Å². The summed E-state index contributed by atoms with van der Waals surface area (Å²) in [6, 6.07) is 5.59. The van der Waals surface area contributed by atoms with Crippen molar-refractivity contribution in [2.24, 2.45) is 0 Å². The Labute approximate surface area is 139 Å². The summed E-state index contributed by atoms with van der Waals surface area (Å²) in [6.45, 7) is 2.03. The molecule has 1 N–H and O–H groups in total. The Balaban J connectivity index is 1.44. The summed E-state index contributed by atoms with van der Waals surface area (Å²) >= 11 is 0. The fraction of sp³-hybridized carbons (Fsp3) is 0.353. The highest BCUT2D eigenvalue weighted by molar-refractivity contribution is 5.91. The van der Waals surface area contributed by atoms with E-state index in [0.717, 1.165) is 30.8 Å². The van der Waals surface area contributed by atoms with Crippen LogP contribution >= 0.6 is 0 Å². The van der Waals surface area contributed by atoms with E-state index < -0.39 is 0 Å². The van der Waals surface area contributed by atoms with Crippen molar-refractivity contribution >= 4 is 5.91 Å². The molecule has 1 aliphatic rings. The molecule has 7 nitrogen and oxygen atoms in total. The predicted octanol–water partition coefficient (Wildman–Crippen LogP) is 2.27. The highest BCUT2D eigenvalue weighted by atomic mass is 16.4. The molecule has 124 valence electrons. The lowest BCUT2D eigenvalue weighted by molar-refractivity contribution is 0.0671. The van der Waals surface area contributed by atoms with Gasteiger partial charge in [-0.1, -0.05) is 0 Å². The van der Waals surface area contributed by atoms with E-state index in [1.807, 2.05) is 27.8 Å². The fourth-order valence-electron chi connectivity index (χ4n) is 3.20. The monoisotopic (exact) mass is 325 g/mol. The Morgan fingerprint density at radius 3 is 3.08 bits per heavy atom. The van der Waals surface area contributed by atoms with E-state index in [0.29, 0.717) is 24.8 Å². The van der Waals surface area contributed by atoms with Crippen molar-refractivity contribution in [2.45, 2.75) is 25.3 Å². The molecular weight excluding hydrogens is 306 g/mol. The number of H-pyrrole nitrogens is 1. The molecule has 24 heavy (non-hydrogen) atoms. The van der Waals surface area contributed by atoms with Crippen LogP contribution in [0.25, 0.3) is 0 Å². The first-order chi connectivity index (χ1) is 11.8. The maximum Gasteiger partial charge on any atom is 0.289 e. The van der Waals surface area contributed by atoms with Crippen molar-refractivity contribution in [2.75, 3.05) is 13.1 Å². The molecule has 0 radical (unpaired) electrons. The lowest BCUT2D eigenvalue weighted by Gasteiger charge is -2.31. The molecule has 4 heterocycles. The van der Waals surface area contributed by atoms with Crippen LogP contribution in [0.2, 0.25) is 0 Å². The van der Waals surface area contributed by atoms with Gasteiger partial charge in [0.05, 0.1) is 12.9 Å². The molecule has 0 saturated carbocycles. The topological polar surface area (TPSA) is 79.9 Å². The maximum absolute atomic E-state index is 12.7. The van der Waals surface area contributed by atoms with E-state index in [-0.39, 0.29) is 5.91 Å². The van der Waals surface area contributed by atoms with E-state index in [2.05, 4.69) is 15.2 Å². The third kappa shape index (κ3) is 2.97. The van der Waals surface area contributed by atoms with Crippen molar-refractivity contribution in [3.63, 3.8) is 0 Å². The second-order valence-electron chi connectivity index (χ2n) is 6.10.